The van der Waals surface area contributed by atoms with Gasteiger partial charge in [0.1, 0.15) is 0 Å². The second-order valence-corrected chi connectivity index (χ2v) is 9.53. The fraction of sp³-hybridized carbons (Fsp3) is 0.278. The Morgan fingerprint density at radius 3 is 2.55 bits per heavy atom. The molecule has 1 aliphatic heterocycles. The van der Waals surface area contributed by atoms with E-state index in [4.69, 9.17) is 9.69 Å². The van der Waals surface area contributed by atoms with E-state index in [0.29, 0.717) is 31.5 Å². The number of anilines is 1. The second-order valence-electron chi connectivity index (χ2n) is 6.82. The van der Waals surface area contributed by atoms with Gasteiger partial charge in [-0.1, -0.05) is 18.2 Å². The lowest BCUT2D eigenvalue weighted by Gasteiger charge is -2.29. The zero-order valence-corrected chi connectivity index (χ0v) is 17.0. The van der Waals surface area contributed by atoms with Gasteiger partial charge in [-0.3, -0.25) is 14.1 Å². The predicted molar refractivity (Wildman–Crippen MR) is 107 cm³/mol. The monoisotopic (exact) mass is 439 g/mol. The minimum atomic E-state index is -4.37. The van der Waals surface area contributed by atoms with E-state index in [-0.39, 0.29) is 22.9 Å². The van der Waals surface area contributed by atoms with Gasteiger partial charge in [0.25, 0.3) is 0 Å². The molecule has 0 bridgehead atoms. The van der Waals surface area contributed by atoms with Crippen molar-refractivity contribution in [2.24, 2.45) is 5.14 Å². The van der Waals surface area contributed by atoms with Crippen LogP contribution in [0.25, 0.3) is 0 Å². The number of carbonyl (C=O) groups excluding carboxylic acids is 1. The average molecular weight is 440 g/mol. The summed E-state index contributed by atoms with van der Waals surface area (Å²) in [4.78, 5) is 14.3. The lowest BCUT2D eigenvalue weighted by Crippen LogP contribution is -2.36. The molecule has 0 radical (unpaired) electrons. The van der Waals surface area contributed by atoms with E-state index in [0.717, 1.165) is 11.1 Å². The van der Waals surface area contributed by atoms with E-state index >= 15 is 0 Å². The van der Waals surface area contributed by atoms with Crippen LogP contribution in [-0.4, -0.2) is 38.7 Å². The third kappa shape index (κ3) is 5.76. The molecule has 2 aromatic carbocycles. The third-order valence-electron chi connectivity index (χ3n) is 4.67. The first-order valence-electron chi connectivity index (χ1n) is 8.78. The van der Waals surface area contributed by atoms with Gasteiger partial charge in [-0.2, -0.15) is 8.42 Å². The molecule has 0 fully saturated rings. The summed E-state index contributed by atoms with van der Waals surface area (Å²) in [5.74, 6) is -0.0928. The topological polar surface area (TPSA) is 147 Å². The third-order valence-corrected chi connectivity index (χ3v) is 6.08. The minimum absolute atomic E-state index is 0.00761. The van der Waals surface area contributed by atoms with Gasteiger partial charge in [0.2, 0.25) is 15.9 Å². The molecule has 2 aromatic rings. The number of hydrogen-bond acceptors (Lipinski definition) is 5. The Labute approximate surface area is 169 Å². The highest BCUT2D eigenvalue weighted by Crippen LogP contribution is 2.24. The van der Waals surface area contributed by atoms with E-state index in [9.17, 15) is 21.6 Å². The lowest BCUT2D eigenvalue weighted by atomic mass is 9.98. The van der Waals surface area contributed by atoms with Gasteiger partial charge in [-0.05, 0) is 53.8 Å². The second kappa shape index (κ2) is 8.11. The van der Waals surface area contributed by atoms with Gasteiger partial charge in [-0.25, -0.2) is 13.6 Å². The summed E-state index contributed by atoms with van der Waals surface area (Å²) in [6.07, 6.45) is 1.20. The van der Waals surface area contributed by atoms with Crippen LogP contribution >= 0.6 is 0 Å². The van der Waals surface area contributed by atoms with Gasteiger partial charge in [0.15, 0.2) is 0 Å². The van der Waals surface area contributed by atoms with Crippen molar-refractivity contribution >= 4 is 31.9 Å². The van der Waals surface area contributed by atoms with Crippen LogP contribution in [0, 0.1) is 0 Å². The van der Waals surface area contributed by atoms with Gasteiger partial charge in [0.05, 0.1) is 10.6 Å². The van der Waals surface area contributed by atoms with E-state index in [2.05, 4.69) is 0 Å². The van der Waals surface area contributed by atoms with Crippen LogP contribution < -0.4 is 9.86 Å². The molecule has 1 amide bonds. The van der Waals surface area contributed by atoms with E-state index in [1.807, 2.05) is 4.72 Å². The van der Waals surface area contributed by atoms with Crippen LogP contribution in [0.1, 0.15) is 23.1 Å². The van der Waals surface area contributed by atoms with Crippen molar-refractivity contribution in [2.75, 3.05) is 11.3 Å². The molecule has 3 rings (SSSR count). The molecule has 29 heavy (non-hydrogen) atoms. The first-order chi connectivity index (χ1) is 13.5. The highest BCUT2D eigenvalue weighted by Gasteiger charge is 2.21. The highest BCUT2D eigenvalue weighted by atomic mass is 32.2. The van der Waals surface area contributed by atoms with Crippen molar-refractivity contribution < 1.29 is 26.2 Å². The largest absolute Gasteiger partial charge is 0.357 e. The molecule has 0 saturated heterocycles. The zero-order chi connectivity index (χ0) is 21.2. The summed E-state index contributed by atoms with van der Waals surface area (Å²) in [6, 6.07) is 11.1. The smallest absolute Gasteiger partial charge is 0.338 e. The van der Waals surface area contributed by atoms with Crippen molar-refractivity contribution in [3.8, 4) is 0 Å². The maximum Gasteiger partial charge on any atom is 0.357 e. The molecule has 0 spiro atoms. The van der Waals surface area contributed by atoms with Gasteiger partial charge >= 0.3 is 10.3 Å². The fourth-order valence-corrected chi connectivity index (χ4v) is 4.28. The van der Waals surface area contributed by atoms with Crippen LogP contribution in [-0.2, 0) is 44.5 Å². The summed E-state index contributed by atoms with van der Waals surface area (Å²) < 4.78 is 55.8. The van der Waals surface area contributed by atoms with E-state index in [1.54, 1.807) is 35.2 Å². The predicted octanol–water partition coefficient (Wildman–Crippen LogP) is 1.07. The Bertz CT molecular complexity index is 1150. The van der Waals surface area contributed by atoms with E-state index in [1.165, 1.54) is 12.1 Å². The van der Waals surface area contributed by atoms with Gasteiger partial charge in [0, 0.05) is 19.5 Å². The summed E-state index contributed by atoms with van der Waals surface area (Å²) in [6.45, 7) is 0.862. The number of hydrogen-bond donors (Lipinski definition) is 3. The maximum atomic E-state index is 12.6. The van der Waals surface area contributed by atoms with E-state index < -0.39 is 20.3 Å². The number of fused-ring (bicyclic) bond motifs is 1. The molecule has 0 aromatic heterocycles. The molecule has 11 heteroatoms. The Morgan fingerprint density at radius 2 is 1.86 bits per heavy atom. The molecule has 1 heterocycles. The zero-order valence-electron chi connectivity index (χ0n) is 15.4. The van der Waals surface area contributed by atoms with Crippen molar-refractivity contribution in [3.63, 3.8) is 0 Å². The number of sulfonamides is 1. The number of aryl methyl sites for hydroxylation is 1. The number of nitrogens with zero attached hydrogens (tertiary/aromatic N) is 1. The number of primary sulfonamides is 1. The van der Waals surface area contributed by atoms with Crippen LogP contribution in [0.4, 0.5) is 5.69 Å². The molecule has 9 nitrogen and oxygen atoms in total. The van der Waals surface area contributed by atoms with Crippen LogP contribution in [0.5, 0.6) is 0 Å². The Morgan fingerprint density at radius 1 is 1.10 bits per heavy atom. The molecule has 0 saturated carbocycles. The Balaban J connectivity index is 1.66. The Kier molecular flexibility index (Phi) is 5.94. The van der Waals surface area contributed by atoms with Crippen molar-refractivity contribution in [1.82, 2.24) is 4.90 Å². The van der Waals surface area contributed by atoms with Crippen molar-refractivity contribution in [3.05, 3.63) is 59.2 Å². The van der Waals surface area contributed by atoms with Gasteiger partial charge < -0.3 is 4.90 Å². The van der Waals surface area contributed by atoms with Crippen LogP contribution in [0.15, 0.2) is 47.4 Å². The average Bonchev–Trinajstić information content (AvgIpc) is 2.64. The normalized spacial score (nSPS) is 14.3. The van der Waals surface area contributed by atoms with Gasteiger partial charge in [-0.15, -0.1) is 0 Å². The molecular weight excluding hydrogens is 418 g/mol. The maximum absolute atomic E-state index is 12.6. The van der Waals surface area contributed by atoms with Crippen molar-refractivity contribution in [2.45, 2.75) is 30.7 Å². The number of benzene rings is 2. The molecule has 0 atom stereocenters. The first-order valence-corrected chi connectivity index (χ1v) is 11.8. The summed E-state index contributed by atoms with van der Waals surface area (Å²) in [7, 11) is -8.17. The summed E-state index contributed by atoms with van der Waals surface area (Å²) in [5, 5.41) is 5.13. The number of carbonyl (C=O) groups is 1. The number of nitrogens with one attached hydrogen (secondary N) is 1. The number of amides is 1. The molecule has 4 N–H and O–H groups in total. The highest BCUT2D eigenvalue weighted by molar-refractivity contribution is 7.89. The standard InChI is InChI=1S/C18H21N3O6S2/c19-28(23,24)17-3-1-2-13(10-17)4-7-18(22)21-9-8-14-5-6-16(11-15(14)12-21)20-29(25,26)27/h1-3,5-6,10-11,20H,4,7-9,12H2,(H2,19,23,24)(H,25,26,27). The fourth-order valence-electron chi connectivity index (χ4n) is 3.27. The lowest BCUT2D eigenvalue weighted by molar-refractivity contribution is -0.132. The molecule has 0 unspecified atom stereocenters. The summed E-state index contributed by atoms with van der Waals surface area (Å²) >= 11 is 0. The summed E-state index contributed by atoms with van der Waals surface area (Å²) in [5.41, 5.74) is 2.73. The molecule has 1 aliphatic rings. The minimum Gasteiger partial charge on any atom is -0.338 e. The first kappa shape index (κ1) is 21.2. The molecule has 0 aliphatic carbocycles. The van der Waals surface area contributed by atoms with Crippen LogP contribution in [0.2, 0.25) is 0 Å². The molecular formula is C18H21N3O6S2. The molecule has 156 valence electrons. The number of nitrogens with two attached hydrogens (primary N) is 1. The quantitative estimate of drug-likeness (QED) is 0.574. The number of rotatable bonds is 6. The Hall–Kier alpha value is -2.47. The SMILES string of the molecule is NS(=O)(=O)c1cccc(CCC(=O)N2CCc3ccc(NS(=O)(=O)O)cc3C2)c1. The van der Waals surface area contributed by atoms with Crippen molar-refractivity contribution in [1.29, 1.82) is 0 Å². The van der Waals surface area contributed by atoms with Crippen LogP contribution in [0.3, 0.4) is 0 Å².